The molecule has 3 saturated carbocycles. The highest BCUT2D eigenvalue weighted by Gasteiger charge is 2.62. The molecular weight excluding hydrogens is 720 g/mol. The Bertz CT molecular complexity index is 1470. The molecule has 55 heavy (non-hydrogen) atoms. The first kappa shape index (κ1) is 41.6. The lowest BCUT2D eigenvalue weighted by Crippen LogP contribution is -2.60. The topological polar surface area (TPSA) is 245 Å². The normalized spacial score (nSPS) is 50.7. The minimum absolute atomic E-state index is 0.0210. The van der Waals surface area contributed by atoms with Gasteiger partial charge in [-0.1, -0.05) is 38.0 Å². The summed E-state index contributed by atoms with van der Waals surface area (Å²) in [5, 5.41) is 92.5. The van der Waals surface area contributed by atoms with Crippen LogP contribution >= 0.6 is 0 Å². The van der Waals surface area contributed by atoms with Crippen LogP contribution in [0.25, 0.3) is 0 Å². The van der Waals surface area contributed by atoms with E-state index in [0.29, 0.717) is 42.6 Å². The fraction of sp³-hybridized carbons (Fsp3) is 0.875. The number of aliphatic hydroxyl groups is 9. The van der Waals surface area contributed by atoms with Gasteiger partial charge in [0.15, 0.2) is 12.6 Å². The van der Waals surface area contributed by atoms with Gasteiger partial charge in [-0.05, 0) is 80.5 Å². The molecule has 20 atom stereocenters. The van der Waals surface area contributed by atoms with Gasteiger partial charge in [0.2, 0.25) is 0 Å². The van der Waals surface area contributed by atoms with Gasteiger partial charge in [0.25, 0.3) is 0 Å². The van der Waals surface area contributed by atoms with E-state index in [4.69, 9.17) is 23.7 Å². The molecule has 0 spiro atoms. The lowest BCUT2D eigenvalue weighted by Gasteiger charge is -2.60. The molecule has 0 aromatic heterocycles. The third kappa shape index (κ3) is 7.06. The van der Waals surface area contributed by atoms with Crippen LogP contribution in [-0.2, 0) is 28.5 Å². The van der Waals surface area contributed by atoms with E-state index in [9.17, 15) is 50.8 Å². The van der Waals surface area contributed by atoms with Gasteiger partial charge >= 0.3 is 5.97 Å². The maximum absolute atomic E-state index is 13.4. The van der Waals surface area contributed by atoms with Crippen molar-refractivity contribution in [1.82, 2.24) is 0 Å². The van der Waals surface area contributed by atoms with E-state index in [1.165, 1.54) is 0 Å². The van der Waals surface area contributed by atoms with Gasteiger partial charge in [0.1, 0.15) is 54.9 Å². The highest BCUT2D eigenvalue weighted by molar-refractivity contribution is 5.90. The number of aliphatic hydroxyl groups excluding tert-OH is 9. The first-order valence-electron chi connectivity index (χ1n) is 20.2. The second-order valence-corrected chi connectivity index (χ2v) is 18.0. The van der Waals surface area contributed by atoms with Crippen molar-refractivity contribution in [3.05, 3.63) is 22.8 Å². The molecule has 0 bridgehead atoms. The smallest absolute Gasteiger partial charge is 0.336 e. The summed E-state index contributed by atoms with van der Waals surface area (Å²) in [4.78, 5) is 13.4. The minimum Gasteiger partial charge on any atom is -0.458 e. The molecule has 0 amide bonds. The molecule has 5 fully saturated rings. The average molecular weight is 783 g/mol. The monoisotopic (exact) mass is 782 g/mol. The number of fused-ring (bicyclic) bond motifs is 5. The fourth-order valence-electron chi connectivity index (χ4n) is 12.0. The molecule has 312 valence electrons. The first-order valence-corrected chi connectivity index (χ1v) is 20.2. The molecule has 15 heteroatoms. The summed E-state index contributed by atoms with van der Waals surface area (Å²) in [5.41, 5.74) is 1.85. The molecule has 7 aliphatic rings. The first-order chi connectivity index (χ1) is 26.0. The second-order valence-electron chi connectivity index (χ2n) is 18.0. The molecule has 7 rings (SSSR count). The van der Waals surface area contributed by atoms with E-state index < -0.39 is 98.2 Å². The Morgan fingerprint density at radius 3 is 2.11 bits per heavy atom. The van der Waals surface area contributed by atoms with E-state index in [1.807, 2.05) is 6.92 Å². The number of carbonyl (C=O) groups is 1. The van der Waals surface area contributed by atoms with Crippen molar-refractivity contribution < 1.29 is 74.4 Å². The third-order valence-electron chi connectivity index (χ3n) is 15.4. The summed E-state index contributed by atoms with van der Waals surface area (Å²) < 4.78 is 29.0. The molecule has 0 radical (unpaired) electrons. The molecule has 0 unspecified atom stereocenters. The summed E-state index contributed by atoms with van der Waals surface area (Å²) >= 11 is 0. The maximum atomic E-state index is 13.4. The van der Waals surface area contributed by atoms with E-state index >= 15 is 0 Å². The number of ether oxygens (including phenoxy) is 5. The zero-order valence-electron chi connectivity index (χ0n) is 32.2. The van der Waals surface area contributed by atoms with Crippen LogP contribution in [0.1, 0.15) is 79.1 Å². The third-order valence-corrected chi connectivity index (χ3v) is 15.4. The van der Waals surface area contributed by atoms with Crippen LogP contribution in [0.3, 0.4) is 0 Å². The van der Waals surface area contributed by atoms with Gasteiger partial charge < -0.3 is 69.6 Å². The summed E-state index contributed by atoms with van der Waals surface area (Å²) in [6.45, 7) is 7.30. The van der Waals surface area contributed by atoms with Crippen molar-refractivity contribution in [3.8, 4) is 0 Å². The number of allylic oxidation sites excluding steroid dienone is 1. The van der Waals surface area contributed by atoms with Crippen LogP contribution in [0.5, 0.6) is 0 Å². The van der Waals surface area contributed by atoms with Crippen molar-refractivity contribution in [1.29, 1.82) is 0 Å². The highest BCUT2D eigenvalue weighted by atomic mass is 16.7. The van der Waals surface area contributed by atoms with Crippen LogP contribution in [-0.4, -0.2) is 151 Å². The average Bonchev–Trinajstić information content (AvgIpc) is 3.51. The number of esters is 1. The number of rotatable bonds is 9. The van der Waals surface area contributed by atoms with Crippen LogP contribution < -0.4 is 0 Å². The Morgan fingerprint density at radius 2 is 1.47 bits per heavy atom. The standard InChI is InChI=1S/C40H62O15/c1-17-11-26(53-36(50)22(17)16-51-37-34(48)32(46)30(44)27(14-41)54-37)18(2)23-7-8-24-21-6-5-19-12-20(52-38-35(49)33(47)31(45)28(15-42)55-38)13-29(43)40(19,4)25(21)9-10-39(23,24)3/h5,18,20-21,23-35,37-38,41-49H,6-16H2,1-4H3/t18-,20+,21-,23+,24-,25-,26+,27+,28+,29-,30+,31+,32-,33-,34+,35+,37+,38+,39-,40-/m0/s1. The van der Waals surface area contributed by atoms with Gasteiger partial charge in [-0.2, -0.15) is 0 Å². The van der Waals surface area contributed by atoms with Crippen molar-refractivity contribution in [3.63, 3.8) is 0 Å². The van der Waals surface area contributed by atoms with E-state index in [1.54, 1.807) is 0 Å². The summed E-state index contributed by atoms with van der Waals surface area (Å²) in [6.07, 6.45) is -6.87. The fourth-order valence-corrected chi connectivity index (χ4v) is 12.0. The molecular formula is C40H62O15. The molecule has 4 aliphatic carbocycles. The zero-order valence-corrected chi connectivity index (χ0v) is 32.2. The molecule has 9 N–H and O–H groups in total. The highest BCUT2D eigenvalue weighted by Crippen LogP contribution is 2.67. The molecule has 3 aliphatic heterocycles. The molecule has 15 nitrogen and oxygen atoms in total. The number of cyclic esters (lactones) is 1. The number of hydrogen-bond acceptors (Lipinski definition) is 15. The minimum atomic E-state index is -1.58. The molecule has 0 aromatic rings. The van der Waals surface area contributed by atoms with Crippen molar-refractivity contribution in [2.75, 3.05) is 19.8 Å². The largest absolute Gasteiger partial charge is 0.458 e. The predicted molar refractivity (Wildman–Crippen MR) is 191 cm³/mol. The van der Waals surface area contributed by atoms with Gasteiger partial charge in [-0.25, -0.2) is 4.79 Å². The molecule has 3 heterocycles. The van der Waals surface area contributed by atoms with Crippen molar-refractivity contribution >= 4 is 5.97 Å². The Hall–Kier alpha value is -1.57. The zero-order chi connectivity index (χ0) is 39.7. The van der Waals surface area contributed by atoms with Gasteiger partial charge in [0.05, 0.1) is 37.6 Å². The summed E-state index contributed by atoms with van der Waals surface area (Å²) in [6, 6.07) is 0. The van der Waals surface area contributed by atoms with Crippen molar-refractivity contribution in [2.24, 2.45) is 40.4 Å². The van der Waals surface area contributed by atoms with Gasteiger partial charge in [-0.15, -0.1) is 0 Å². The van der Waals surface area contributed by atoms with E-state index in [2.05, 4.69) is 26.8 Å². The Balaban J connectivity index is 0.993. The lowest BCUT2D eigenvalue weighted by molar-refractivity contribution is -0.315. The van der Waals surface area contributed by atoms with Crippen LogP contribution in [0.4, 0.5) is 0 Å². The quantitative estimate of drug-likeness (QED) is 0.109. The van der Waals surface area contributed by atoms with Crippen molar-refractivity contribution in [2.45, 2.75) is 159 Å². The predicted octanol–water partition coefficient (Wildman–Crippen LogP) is -0.194. The SMILES string of the molecule is CC1=C(CO[C@@H]2O[C@H](CO)[C@@H](O)[C@H](O)[C@H]2O)C(=O)O[C@@H]([C@@H](C)[C@H]2CC[C@H]3[C@@H]4CC=C5C[C@@H](O[C@@H]6O[C@H](CO)[C@@H](O)[C@H](O)[C@H]6O)C[C@H](O)[C@]5(C)[C@H]4CC[C@@]23C)C1. The maximum Gasteiger partial charge on any atom is 0.336 e. The van der Waals surface area contributed by atoms with Crippen LogP contribution in [0, 0.1) is 40.4 Å². The Kier molecular flexibility index (Phi) is 12.0. The van der Waals surface area contributed by atoms with Crippen LogP contribution in [0.15, 0.2) is 22.8 Å². The van der Waals surface area contributed by atoms with E-state index in [-0.39, 0.29) is 30.0 Å². The van der Waals surface area contributed by atoms with Gasteiger partial charge in [-0.3, -0.25) is 0 Å². The lowest BCUT2D eigenvalue weighted by atomic mass is 9.46. The van der Waals surface area contributed by atoms with Gasteiger partial charge in [0, 0.05) is 18.3 Å². The molecule has 0 aromatic carbocycles. The molecule has 2 saturated heterocycles. The second kappa shape index (κ2) is 15.9. The number of carbonyl (C=O) groups excluding carboxylic acids is 1. The van der Waals surface area contributed by atoms with Crippen LogP contribution in [0.2, 0.25) is 0 Å². The summed E-state index contributed by atoms with van der Waals surface area (Å²) in [5.74, 6) is 0.996. The number of hydrogen-bond donors (Lipinski definition) is 9. The Labute approximate surface area is 321 Å². The summed E-state index contributed by atoms with van der Waals surface area (Å²) in [7, 11) is 0. The Morgan fingerprint density at radius 1 is 0.836 bits per heavy atom. The van der Waals surface area contributed by atoms with E-state index in [0.717, 1.165) is 43.3 Å².